The highest BCUT2D eigenvalue weighted by atomic mass is 127. The molecule has 114 valence electrons. The van der Waals surface area contributed by atoms with Gasteiger partial charge in [0.2, 0.25) is 0 Å². The van der Waals surface area contributed by atoms with Gasteiger partial charge < -0.3 is 15.1 Å². The molecule has 21 heavy (non-hydrogen) atoms. The Bertz CT molecular complexity index is 565. The lowest BCUT2D eigenvalue weighted by Crippen LogP contribution is -2.46. The van der Waals surface area contributed by atoms with Gasteiger partial charge >= 0.3 is 5.97 Å². The fourth-order valence-corrected chi connectivity index (χ4v) is 3.20. The van der Waals surface area contributed by atoms with Crippen LogP contribution in [0, 0.1) is 8.99 Å². The molecule has 0 aromatic heterocycles. The lowest BCUT2D eigenvalue weighted by Gasteiger charge is -2.38. The number of benzene rings is 1. The molecular weight excluding hydrogens is 385 g/mol. The molecule has 0 radical (unpaired) electrons. The zero-order chi connectivity index (χ0) is 15.6. The Kier molecular flexibility index (Phi) is 4.75. The van der Waals surface area contributed by atoms with E-state index in [1.807, 2.05) is 6.92 Å². The zero-order valence-corrected chi connectivity index (χ0v) is 14.0. The van der Waals surface area contributed by atoms with Crippen molar-refractivity contribution in [1.82, 2.24) is 4.90 Å². The number of carbonyl (C=O) groups is 2. The number of aliphatic carboxylic acids is 1. The molecule has 6 heteroatoms. The van der Waals surface area contributed by atoms with Crippen LogP contribution in [-0.2, 0) is 4.79 Å². The first-order valence-corrected chi connectivity index (χ1v) is 7.99. The van der Waals surface area contributed by atoms with Gasteiger partial charge in [0, 0.05) is 16.7 Å². The third kappa shape index (κ3) is 3.14. The molecule has 1 aromatic rings. The second-order valence-electron chi connectivity index (χ2n) is 5.39. The largest absolute Gasteiger partial charge is 0.507 e. The van der Waals surface area contributed by atoms with Crippen LogP contribution >= 0.6 is 22.6 Å². The lowest BCUT2D eigenvalue weighted by atomic mass is 9.76. The molecule has 0 spiro atoms. The van der Waals surface area contributed by atoms with E-state index >= 15 is 0 Å². The van der Waals surface area contributed by atoms with Crippen LogP contribution in [0.1, 0.15) is 36.5 Å². The first-order valence-electron chi connectivity index (χ1n) is 6.91. The van der Waals surface area contributed by atoms with E-state index in [0.717, 1.165) is 3.57 Å². The maximum atomic E-state index is 12.5. The van der Waals surface area contributed by atoms with Crippen LogP contribution in [0.5, 0.6) is 5.75 Å². The number of carboxylic acids is 1. The van der Waals surface area contributed by atoms with Crippen molar-refractivity contribution >= 4 is 34.5 Å². The Morgan fingerprint density at radius 2 is 1.95 bits per heavy atom. The number of likely N-dealkylation sites (tertiary alicyclic amines) is 1. The topological polar surface area (TPSA) is 77.8 Å². The summed E-state index contributed by atoms with van der Waals surface area (Å²) in [6.07, 6.45) is 1.48. The van der Waals surface area contributed by atoms with Crippen molar-refractivity contribution in [2.45, 2.75) is 26.2 Å². The minimum absolute atomic E-state index is 0.0361. The van der Waals surface area contributed by atoms with Gasteiger partial charge in [0.15, 0.2) is 0 Å². The summed E-state index contributed by atoms with van der Waals surface area (Å²) in [7, 11) is 0. The molecule has 0 saturated carbocycles. The third-order valence-corrected chi connectivity index (χ3v) is 5.00. The molecule has 0 unspecified atom stereocenters. The van der Waals surface area contributed by atoms with E-state index in [4.69, 9.17) is 0 Å². The third-order valence-electron chi connectivity index (χ3n) is 4.33. The van der Waals surface area contributed by atoms with E-state index in [9.17, 15) is 19.8 Å². The summed E-state index contributed by atoms with van der Waals surface area (Å²) in [6, 6.07) is 4.89. The van der Waals surface area contributed by atoms with Gasteiger partial charge in [-0.2, -0.15) is 0 Å². The van der Waals surface area contributed by atoms with Crippen molar-refractivity contribution in [1.29, 1.82) is 0 Å². The molecular formula is C15H18INO4. The molecule has 2 N–H and O–H groups in total. The Hall–Kier alpha value is -1.31. The Balaban J connectivity index is 2.13. The monoisotopic (exact) mass is 403 g/mol. The standard InChI is InChI=1S/C15H18INO4/c1-2-15(14(20)21)5-7-17(8-6-15)13(19)11-9-10(16)3-4-12(11)18/h3-4,9,18H,2,5-8H2,1H3,(H,20,21). The predicted molar refractivity (Wildman–Crippen MR) is 86.3 cm³/mol. The van der Waals surface area contributed by atoms with E-state index in [-0.39, 0.29) is 17.2 Å². The van der Waals surface area contributed by atoms with Crippen molar-refractivity contribution < 1.29 is 19.8 Å². The van der Waals surface area contributed by atoms with Crippen LogP contribution in [0.3, 0.4) is 0 Å². The van der Waals surface area contributed by atoms with Gasteiger partial charge in [-0.05, 0) is 60.1 Å². The summed E-state index contributed by atoms with van der Waals surface area (Å²) in [5, 5.41) is 19.2. The molecule has 5 nitrogen and oxygen atoms in total. The molecule has 0 atom stereocenters. The number of nitrogens with zero attached hydrogens (tertiary/aromatic N) is 1. The van der Waals surface area contributed by atoms with Crippen molar-refractivity contribution in [3.8, 4) is 5.75 Å². The number of amides is 1. The molecule has 1 saturated heterocycles. The van der Waals surface area contributed by atoms with E-state index in [1.54, 1.807) is 17.0 Å². The minimum Gasteiger partial charge on any atom is -0.507 e. The van der Waals surface area contributed by atoms with Crippen molar-refractivity contribution in [3.63, 3.8) is 0 Å². The maximum Gasteiger partial charge on any atom is 0.309 e. The number of carboxylic acid groups (broad SMARTS) is 1. The van der Waals surface area contributed by atoms with E-state index < -0.39 is 11.4 Å². The van der Waals surface area contributed by atoms with E-state index in [0.29, 0.717) is 32.4 Å². The Morgan fingerprint density at radius 3 is 2.48 bits per heavy atom. The number of piperidine rings is 1. The number of hydrogen-bond donors (Lipinski definition) is 2. The van der Waals surface area contributed by atoms with Crippen LogP contribution in [0.2, 0.25) is 0 Å². The molecule has 1 aliphatic heterocycles. The van der Waals surface area contributed by atoms with Crippen LogP contribution in [0.25, 0.3) is 0 Å². The quantitative estimate of drug-likeness (QED) is 0.761. The van der Waals surface area contributed by atoms with Crippen molar-refractivity contribution in [2.75, 3.05) is 13.1 Å². The van der Waals surface area contributed by atoms with Crippen LogP contribution in [-0.4, -0.2) is 40.1 Å². The first kappa shape index (κ1) is 16.1. The summed E-state index contributed by atoms with van der Waals surface area (Å²) >= 11 is 2.09. The van der Waals surface area contributed by atoms with Gasteiger partial charge in [0.25, 0.3) is 5.91 Å². The summed E-state index contributed by atoms with van der Waals surface area (Å²) in [5.41, 5.74) is -0.439. The second-order valence-corrected chi connectivity index (χ2v) is 6.64. The highest BCUT2D eigenvalue weighted by molar-refractivity contribution is 14.1. The molecule has 0 bridgehead atoms. The zero-order valence-electron chi connectivity index (χ0n) is 11.8. The number of carbonyl (C=O) groups excluding carboxylic acids is 1. The highest BCUT2D eigenvalue weighted by Crippen LogP contribution is 2.36. The van der Waals surface area contributed by atoms with Crippen LogP contribution < -0.4 is 0 Å². The smallest absolute Gasteiger partial charge is 0.309 e. The molecule has 1 amide bonds. The summed E-state index contributed by atoms with van der Waals surface area (Å²) < 4.78 is 0.874. The number of phenols is 1. The molecule has 1 heterocycles. The van der Waals surface area contributed by atoms with E-state index in [1.165, 1.54) is 6.07 Å². The fourth-order valence-electron chi connectivity index (χ4n) is 2.71. The fraction of sp³-hybridized carbons (Fsp3) is 0.467. The van der Waals surface area contributed by atoms with Gasteiger partial charge in [0.05, 0.1) is 11.0 Å². The van der Waals surface area contributed by atoms with Gasteiger partial charge in [-0.15, -0.1) is 0 Å². The number of hydrogen-bond acceptors (Lipinski definition) is 3. The second kappa shape index (κ2) is 6.21. The average molecular weight is 403 g/mol. The van der Waals surface area contributed by atoms with Gasteiger partial charge in [-0.1, -0.05) is 6.92 Å². The Morgan fingerprint density at radius 1 is 1.33 bits per heavy atom. The van der Waals surface area contributed by atoms with E-state index in [2.05, 4.69) is 22.6 Å². The maximum absolute atomic E-state index is 12.5. The molecule has 1 aromatic carbocycles. The first-order chi connectivity index (χ1) is 9.89. The lowest BCUT2D eigenvalue weighted by molar-refractivity contribution is -0.152. The highest BCUT2D eigenvalue weighted by Gasteiger charge is 2.41. The van der Waals surface area contributed by atoms with Gasteiger partial charge in [-0.3, -0.25) is 9.59 Å². The number of aromatic hydroxyl groups is 1. The molecule has 1 aliphatic rings. The number of halogens is 1. The van der Waals surface area contributed by atoms with Crippen molar-refractivity contribution in [3.05, 3.63) is 27.3 Å². The Labute approximate surface area is 137 Å². The van der Waals surface area contributed by atoms with Crippen molar-refractivity contribution in [2.24, 2.45) is 5.41 Å². The summed E-state index contributed by atoms with van der Waals surface area (Å²) in [5.74, 6) is -1.05. The number of rotatable bonds is 3. The summed E-state index contributed by atoms with van der Waals surface area (Å²) in [4.78, 5) is 25.5. The normalized spacial score (nSPS) is 17.5. The molecule has 0 aliphatic carbocycles. The predicted octanol–water partition coefficient (Wildman–Crippen LogP) is 2.71. The number of phenolic OH excluding ortho intramolecular Hbond substituents is 1. The summed E-state index contributed by atoms with van der Waals surface area (Å²) in [6.45, 7) is 2.69. The van der Waals surface area contributed by atoms with Gasteiger partial charge in [0.1, 0.15) is 5.75 Å². The van der Waals surface area contributed by atoms with Crippen LogP contribution in [0.15, 0.2) is 18.2 Å². The van der Waals surface area contributed by atoms with Gasteiger partial charge in [-0.25, -0.2) is 0 Å². The minimum atomic E-state index is -0.783. The SMILES string of the molecule is CCC1(C(=O)O)CCN(C(=O)c2cc(I)ccc2O)CC1. The average Bonchev–Trinajstić information content (AvgIpc) is 2.49. The molecule has 1 fully saturated rings. The van der Waals surface area contributed by atoms with Crippen LogP contribution in [0.4, 0.5) is 0 Å². The molecule has 2 rings (SSSR count).